The summed E-state index contributed by atoms with van der Waals surface area (Å²) in [6, 6.07) is 4.63. The molecule has 0 fully saturated rings. The number of fused-ring (bicyclic) bond motifs is 1. The summed E-state index contributed by atoms with van der Waals surface area (Å²) in [4.78, 5) is 17.0. The largest absolute Gasteiger partial charge is 0.494 e. The first kappa shape index (κ1) is 20.6. The predicted molar refractivity (Wildman–Crippen MR) is 108 cm³/mol. The van der Waals surface area contributed by atoms with Crippen LogP contribution in [-0.2, 0) is 24.8 Å². The summed E-state index contributed by atoms with van der Waals surface area (Å²) in [5, 5.41) is 8.04. The van der Waals surface area contributed by atoms with E-state index < -0.39 is 5.82 Å². The van der Waals surface area contributed by atoms with Gasteiger partial charge in [-0.2, -0.15) is 0 Å². The lowest BCUT2D eigenvalue weighted by Gasteiger charge is -2.12. The van der Waals surface area contributed by atoms with E-state index in [4.69, 9.17) is 9.47 Å². The fraction of sp³-hybridized carbons (Fsp3) is 0.381. The molecule has 0 aliphatic rings. The fourth-order valence-electron chi connectivity index (χ4n) is 3.45. The number of nitrogens with zero attached hydrogens (tertiary/aromatic N) is 3. The van der Waals surface area contributed by atoms with E-state index in [1.807, 2.05) is 20.9 Å². The van der Waals surface area contributed by atoms with Crippen molar-refractivity contribution in [1.29, 1.82) is 0 Å². The van der Waals surface area contributed by atoms with Crippen LogP contribution < -0.4 is 14.8 Å². The Kier molecular flexibility index (Phi) is 6.00. The van der Waals surface area contributed by atoms with E-state index >= 15 is 0 Å². The molecule has 7 nitrogen and oxygen atoms in total. The van der Waals surface area contributed by atoms with Crippen molar-refractivity contribution < 1.29 is 18.7 Å². The van der Waals surface area contributed by atoms with Crippen LogP contribution in [0.4, 0.5) is 4.39 Å². The van der Waals surface area contributed by atoms with Crippen LogP contribution in [0.25, 0.3) is 11.0 Å². The molecular formula is C21H25FN4O3. The minimum atomic E-state index is -0.449. The van der Waals surface area contributed by atoms with E-state index in [-0.39, 0.29) is 18.2 Å². The number of amides is 1. The highest BCUT2D eigenvalue weighted by atomic mass is 19.1. The molecule has 1 aromatic carbocycles. The van der Waals surface area contributed by atoms with Gasteiger partial charge in [0.1, 0.15) is 0 Å². The zero-order valence-corrected chi connectivity index (χ0v) is 17.3. The molecule has 0 spiro atoms. The third-order valence-electron chi connectivity index (χ3n) is 5.02. The van der Waals surface area contributed by atoms with Gasteiger partial charge in [-0.15, -0.1) is 5.10 Å². The van der Waals surface area contributed by atoms with Crippen LogP contribution in [0, 0.1) is 19.7 Å². The molecule has 0 saturated heterocycles. The third kappa shape index (κ3) is 4.16. The van der Waals surface area contributed by atoms with Crippen LogP contribution in [0.2, 0.25) is 0 Å². The number of hydrogen-bond acceptors (Lipinski definition) is 5. The summed E-state index contributed by atoms with van der Waals surface area (Å²) >= 11 is 0. The van der Waals surface area contributed by atoms with Crippen LogP contribution in [0.1, 0.15) is 28.8 Å². The number of aryl methyl sites for hydroxylation is 3. The number of carbonyl (C=O) groups excluding carboxylic acids is 1. The lowest BCUT2D eigenvalue weighted by Crippen LogP contribution is -2.23. The summed E-state index contributed by atoms with van der Waals surface area (Å²) in [6.45, 7) is 4.18. The molecular weight excluding hydrogens is 375 g/mol. The van der Waals surface area contributed by atoms with Crippen molar-refractivity contribution in [2.45, 2.75) is 33.2 Å². The van der Waals surface area contributed by atoms with Crippen LogP contribution in [-0.4, -0.2) is 34.9 Å². The maximum absolute atomic E-state index is 13.8. The minimum absolute atomic E-state index is 0.113. The van der Waals surface area contributed by atoms with E-state index in [0.717, 1.165) is 27.9 Å². The highest BCUT2D eigenvalue weighted by Crippen LogP contribution is 2.30. The third-order valence-corrected chi connectivity index (χ3v) is 5.02. The van der Waals surface area contributed by atoms with Crippen molar-refractivity contribution in [3.8, 4) is 11.6 Å². The van der Waals surface area contributed by atoms with E-state index in [9.17, 15) is 9.18 Å². The molecule has 154 valence electrons. The van der Waals surface area contributed by atoms with E-state index in [1.165, 1.54) is 13.2 Å². The number of methoxy groups -OCH3 is 2. The maximum atomic E-state index is 13.8. The van der Waals surface area contributed by atoms with Crippen molar-refractivity contribution in [1.82, 2.24) is 20.1 Å². The molecule has 3 aromatic rings. The monoisotopic (exact) mass is 400 g/mol. The van der Waals surface area contributed by atoms with Gasteiger partial charge < -0.3 is 14.8 Å². The summed E-state index contributed by atoms with van der Waals surface area (Å²) in [5.41, 5.74) is 4.32. The first-order valence-corrected chi connectivity index (χ1v) is 9.31. The van der Waals surface area contributed by atoms with Gasteiger partial charge in [0.2, 0.25) is 11.8 Å². The van der Waals surface area contributed by atoms with Gasteiger partial charge in [-0.3, -0.25) is 4.79 Å². The predicted octanol–water partition coefficient (Wildman–Crippen LogP) is 2.99. The van der Waals surface area contributed by atoms with Gasteiger partial charge in [0.05, 0.1) is 19.6 Å². The minimum Gasteiger partial charge on any atom is -0.494 e. The van der Waals surface area contributed by atoms with Crippen molar-refractivity contribution in [3.05, 3.63) is 46.4 Å². The number of rotatable bonds is 7. The summed E-state index contributed by atoms with van der Waals surface area (Å²) in [6.07, 6.45) is 0.845. The first-order valence-electron chi connectivity index (χ1n) is 9.31. The number of carbonyl (C=O) groups is 1. The van der Waals surface area contributed by atoms with Crippen LogP contribution >= 0.6 is 0 Å². The van der Waals surface area contributed by atoms with Gasteiger partial charge in [-0.05, 0) is 49.1 Å². The Morgan fingerprint density at radius 3 is 2.66 bits per heavy atom. The van der Waals surface area contributed by atoms with E-state index in [0.29, 0.717) is 24.3 Å². The maximum Gasteiger partial charge on any atom is 0.242 e. The van der Waals surface area contributed by atoms with Crippen molar-refractivity contribution >= 4 is 16.9 Å². The molecule has 0 radical (unpaired) electrons. The molecule has 0 aliphatic carbocycles. The average Bonchev–Trinajstić information content (AvgIpc) is 3.02. The molecule has 1 N–H and O–H groups in total. The number of halogens is 1. The Balaban J connectivity index is 1.68. The number of benzene rings is 1. The second-order valence-electron chi connectivity index (χ2n) is 6.88. The average molecular weight is 400 g/mol. The van der Waals surface area contributed by atoms with Gasteiger partial charge >= 0.3 is 0 Å². The van der Waals surface area contributed by atoms with Crippen molar-refractivity contribution in [2.24, 2.45) is 7.05 Å². The molecule has 2 heterocycles. The smallest absolute Gasteiger partial charge is 0.242 e. The van der Waals surface area contributed by atoms with Crippen molar-refractivity contribution in [3.63, 3.8) is 0 Å². The van der Waals surface area contributed by atoms with Crippen molar-refractivity contribution in [2.75, 3.05) is 14.2 Å². The highest BCUT2D eigenvalue weighted by Gasteiger charge is 2.18. The zero-order chi connectivity index (χ0) is 21.1. The second-order valence-corrected chi connectivity index (χ2v) is 6.88. The number of pyridine rings is 1. The SMILES string of the molecule is COc1ccc(CNC(=O)CCc2c(C)nc3c(c(OC)nn3C)c2C)cc1F. The van der Waals surface area contributed by atoms with Crippen LogP contribution in [0.3, 0.4) is 0 Å². The molecule has 0 saturated carbocycles. The fourth-order valence-corrected chi connectivity index (χ4v) is 3.45. The number of nitrogens with one attached hydrogen (secondary N) is 1. The normalized spacial score (nSPS) is 11.0. The highest BCUT2D eigenvalue weighted by molar-refractivity contribution is 5.86. The summed E-state index contributed by atoms with van der Waals surface area (Å²) in [5.74, 6) is 0.146. The summed E-state index contributed by atoms with van der Waals surface area (Å²) < 4.78 is 25.7. The quantitative estimate of drug-likeness (QED) is 0.660. The van der Waals surface area contributed by atoms with E-state index in [2.05, 4.69) is 15.4 Å². The lowest BCUT2D eigenvalue weighted by atomic mass is 10.00. The molecule has 29 heavy (non-hydrogen) atoms. The molecule has 0 unspecified atom stereocenters. The Morgan fingerprint density at radius 1 is 1.24 bits per heavy atom. The van der Waals surface area contributed by atoms with Gasteiger partial charge in [0.25, 0.3) is 0 Å². The molecule has 2 aromatic heterocycles. The Bertz CT molecular complexity index is 1060. The first-order chi connectivity index (χ1) is 13.8. The lowest BCUT2D eigenvalue weighted by molar-refractivity contribution is -0.121. The topological polar surface area (TPSA) is 78.3 Å². The Hall–Kier alpha value is -3.16. The molecule has 8 heteroatoms. The van der Waals surface area contributed by atoms with Crippen LogP contribution in [0.5, 0.6) is 11.6 Å². The Morgan fingerprint density at radius 2 is 2.00 bits per heavy atom. The standard InChI is InChI=1S/C21H25FN4O3/c1-12-15(13(2)24-20-19(12)21(29-5)25-26(20)3)7-9-18(27)23-11-14-6-8-17(28-4)16(22)10-14/h6,8,10H,7,9,11H2,1-5H3,(H,23,27). The Labute approximate surface area is 168 Å². The second kappa shape index (κ2) is 8.46. The number of ether oxygens (including phenoxy) is 2. The molecule has 0 atom stereocenters. The molecule has 0 aliphatic heterocycles. The molecule has 0 bridgehead atoms. The van der Waals surface area contributed by atoms with Gasteiger partial charge in [0.15, 0.2) is 17.2 Å². The van der Waals surface area contributed by atoms with Gasteiger partial charge in [-0.1, -0.05) is 6.07 Å². The number of hydrogen-bond donors (Lipinski definition) is 1. The van der Waals surface area contributed by atoms with Gasteiger partial charge in [-0.25, -0.2) is 14.1 Å². The summed E-state index contributed by atoms with van der Waals surface area (Å²) in [7, 11) is 4.82. The number of aromatic nitrogens is 3. The molecule has 1 amide bonds. The van der Waals surface area contributed by atoms with E-state index in [1.54, 1.807) is 23.9 Å². The van der Waals surface area contributed by atoms with Gasteiger partial charge in [0, 0.05) is 25.7 Å². The van der Waals surface area contributed by atoms with Crippen LogP contribution in [0.15, 0.2) is 18.2 Å². The molecule has 3 rings (SSSR count). The zero-order valence-electron chi connectivity index (χ0n) is 17.3.